The summed E-state index contributed by atoms with van der Waals surface area (Å²) >= 11 is 2.93. The summed E-state index contributed by atoms with van der Waals surface area (Å²) in [6.45, 7) is 0. The van der Waals surface area contributed by atoms with Gasteiger partial charge in [0, 0.05) is 5.56 Å². The first-order valence-corrected chi connectivity index (χ1v) is 4.65. The zero-order valence-corrected chi connectivity index (χ0v) is 9.22. The summed E-state index contributed by atoms with van der Waals surface area (Å²) < 4.78 is 29.1. The van der Waals surface area contributed by atoms with Crippen LogP contribution in [-0.2, 0) is 0 Å². The van der Waals surface area contributed by atoms with Crippen molar-refractivity contribution >= 4 is 21.7 Å². The molecule has 0 saturated heterocycles. The maximum absolute atomic E-state index is 12.1. The van der Waals surface area contributed by atoms with E-state index in [1.54, 1.807) is 0 Å². The van der Waals surface area contributed by atoms with Gasteiger partial charge in [-0.3, -0.25) is 4.79 Å². The van der Waals surface area contributed by atoms with Gasteiger partial charge in [-0.05, 0) is 28.1 Å². The van der Waals surface area contributed by atoms with Crippen LogP contribution in [0.4, 0.5) is 8.78 Å². The minimum atomic E-state index is -3.08. The van der Waals surface area contributed by atoms with E-state index in [-0.39, 0.29) is 21.5 Å². The Balaban J connectivity index is 3.22. The van der Waals surface area contributed by atoms with Gasteiger partial charge in [-0.25, -0.2) is 8.78 Å². The maximum Gasteiger partial charge on any atom is 0.300 e. The number of phenols is 1. The molecule has 0 saturated carbocycles. The number of hydrogen-bond acceptors (Lipinski definition) is 3. The predicted octanol–water partition coefficient (Wildman–Crippen LogP) is 2.61. The first-order valence-electron chi connectivity index (χ1n) is 3.86. The highest BCUT2D eigenvalue weighted by molar-refractivity contribution is 9.10. The van der Waals surface area contributed by atoms with Crippen LogP contribution >= 0.6 is 15.9 Å². The second-order valence-electron chi connectivity index (χ2n) is 2.67. The molecule has 0 heterocycles. The van der Waals surface area contributed by atoms with Crippen molar-refractivity contribution in [3.63, 3.8) is 0 Å². The van der Waals surface area contributed by atoms with Crippen molar-refractivity contribution in [2.24, 2.45) is 0 Å². The lowest BCUT2D eigenvalue weighted by atomic mass is 10.1. The summed E-state index contributed by atoms with van der Waals surface area (Å²) in [6, 6.07) is 2.18. The van der Waals surface area contributed by atoms with E-state index in [0.717, 1.165) is 12.1 Å². The van der Waals surface area contributed by atoms with Gasteiger partial charge in [0.05, 0.1) is 11.6 Å². The molecule has 0 unspecified atom stereocenters. The van der Waals surface area contributed by atoms with Gasteiger partial charge in [0.15, 0.2) is 11.5 Å². The Morgan fingerprint density at radius 3 is 2.60 bits per heavy atom. The third kappa shape index (κ3) is 2.44. The smallest absolute Gasteiger partial charge is 0.300 e. The van der Waals surface area contributed by atoms with E-state index in [2.05, 4.69) is 15.9 Å². The van der Waals surface area contributed by atoms with Crippen LogP contribution in [0.15, 0.2) is 16.6 Å². The lowest BCUT2D eigenvalue weighted by molar-refractivity contribution is 0.0678. The molecule has 0 fully saturated rings. The fourth-order valence-electron chi connectivity index (χ4n) is 0.998. The summed E-state index contributed by atoms with van der Waals surface area (Å²) in [6.07, 6.45) is -3.08. The average Bonchev–Trinajstić information content (AvgIpc) is 2.20. The first kappa shape index (κ1) is 11.9. The summed E-state index contributed by atoms with van der Waals surface area (Å²) in [5.41, 5.74) is -0.216. The van der Waals surface area contributed by atoms with Crippen LogP contribution < -0.4 is 4.74 Å². The number of ether oxygens (including phenoxy) is 1. The highest BCUT2D eigenvalue weighted by Gasteiger charge is 2.20. The van der Waals surface area contributed by atoms with Crippen molar-refractivity contribution in [3.8, 4) is 11.5 Å². The number of halogens is 3. The minimum Gasteiger partial charge on any atom is -0.503 e. The Hall–Kier alpha value is -1.17. The van der Waals surface area contributed by atoms with Crippen LogP contribution in [0.3, 0.4) is 0 Å². The fraction of sp³-hybridized carbons (Fsp3) is 0.222. The predicted molar refractivity (Wildman–Crippen MR) is 52.7 cm³/mol. The number of phenolic OH excluding ortho intramolecular Hbond substituents is 1. The number of methoxy groups -OCH3 is 1. The highest BCUT2D eigenvalue weighted by atomic mass is 79.9. The lowest BCUT2D eigenvalue weighted by Crippen LogP contribution is -2.10. The Morgan fingerprint density at radius 2 is 2.13 bits per heavy atom. The fourth-order valence-corrected chi connectivity index (χ4v) is 1.44. The van der Waals surface area contributed by atoms with E-state index in [9.17, 15) is 18.7 Å². The van der Waals surface area contributed by atoms with E-state index in [4.69, 9.17) is 4.74 Å². The van der Waals surface area contributed by atoms with Crippen molar-refractivity contribution in [1.29, 1.82) is 0 Å². The second kappa shape index (κ2) is 4.57. The van der Waals surface area contributed by atoms with Gasteiger partial charge in [0.25, 0.3) is 0 Å². The van der Waals surface area contributed by atoms with Crippen molar-refractivity contribution in [2.45, 2.75) is 6.43 Å². The van der Waals surface area contributed by atoms with E-state index in [1.807, 2.05) is 0 Å². The van der Waals surface area contributed by atoms with Crippen LogP contribution in [0.25, 0.3) is 0 Å². The molecule has 1 rings (SSSR count). The van der Waals surface area contributed by atoms with E-state index in [0.29, 0.717) is 0 Å². The van der Waals surface area contributed by atoms with Crippen molar-refractivity contribution in [3.05, 3.63) is 22.2 Å². The number of hydrogen-bond donors (Lipinski definition) is 1. The lowest BCUT2D eigenvalue weighted by Gasteiger charge is -2.07. The molecular formula is C9H7BrF2O3. The normalized spacial score (nSPS) is 10.5. The molecule has 3 nitrogen and oxygen atoms in total. The molecule has 15 heavy (non-hydrogen) atoms. The third-order valence-electron chi connectivity index (χ3n) is 1.73. The van der Waals surface area contributed by atoms with Gasteiger partial charge in [0.2, 0.25) is 5.78 Å². The summed E-state index contributed by atoms with van der Waals surface area (Å²) in [5.74, 6) is -1.58. The molecule has 0 aromatic heterocycles. The van der Waals surface area contributed by atoms with Gasteiger partial charge >= 0.3 is 6.43 Å². The molecule has 0 radical (unpaired) electrons. The largest absolute Gasteiger partial charge is 0.503 e. The Morgan fingerprint density at radius 1 is 1.53 bits per heavy atom. The van der Waals surface area contributed by atoms with E-state index >= 15 is 0 Å². The van der Waals surface area contributed by atoms with Crippen molar-refractivity contribution < 1.29 is 23.4 Å². The van der Waals surface area contributed by atoms with Crippen LogP contribution in [0.1, 0.15) is 10.4 Å². The number of Topliss-reactive ketones (excluding diaryl/α,β-unsaturated/α-hetero) is 1. The molecule has 0 aliphatic heterocycles. The monoisotopic (exact) mass is 280 g/mol. The van der Waals surface area contributed by atoms with Gasteiger partial charge in [0.1, 0.15) is 0 Å². The Bertz CT molecular complexity index is 393. The third-order valence-corrected chi connectivity index (χ3v) is 2.34. The standard InChI is InChI=1S/C9H7BrF2O3/c1-15-6-3-4(7(13)9(11)12)2-5(10)8(6)14/h2-3,9,14H,1H3. The highest BCUT2D eigenvalue weighted by Crippen LogP contribution is 2.35. The summed E-state index contributed by atoms with van der Waals surface area (Å²) in [4.78, 5) is 11.0. The summed E-state index contributed by atoms with van der Waals surface area (Å²) in [7, 11) is 1.26. The molecular weight excluding hydrogens is 274 g/mol. The zero-order valence-electron chi connectivity index (χ0n) is 7.63. The van der Waals surface area contributed by atoms with Crippen LogP contribution in [0.5, 0.6) is 11.5 Å². The molecule has 0 aliphatic rings. The zero-order chi connectivity index (χ0) is 11.6. The van der Waals surface area contributed by atoms with Gasteiger partial charge < -0.3 is 9.84 Å². The Kier molecular flexibility index (Phi) is 3.62. The van der Waals surface area contributed by atoms with Gasteiger partial charge in [-0.1, -0.05) is 0 Å². The van der Waals surface area contributed by atoms with Gasteiger partial charge in [-0.15, -0.1) is 0 Å². The number of aromatic hydroxyl groups is 1. The molecule has 0 bridgehead atoms. The number of carbonyl (C=O) groups is 1. The van der Waals surface area contributed by atoms with Crippen LogP contribution in [0.2, 0.25) is 0 Å². The number of alkyl halides is 2. The number of rotatable bonds is 3. The molecule has 0 atom stereocenters. The number of ketones is 1. The molecule has 0 amide bonds. The molecule has 6 heteroatoms. The number of benzene rings is 1. The van der Waals surface area contributed by atoms with Crippen molar-refractivity contribution in [1.82, 2.24) is 0 Å². The molecule has 0 spiro atoms. The van der Waals surface area contributed by atoms with E-state index in [1.165, 1.54) is 7.11 Å². The maximum atomic E-state index is 12.1. The molecule has 1 N–H and O–H groups in total. The van der Waals surface area contributed by atoms with Crippen LogP contribution in [-0.4, -0.2) is 24.4 Å². The topological polar surface area (TPSA) is 46.5 Å². The first-order chi connectivity index (χ1) is 6.97. The molecule has 82 valence electrons. The summed E-state index contributed by atoms with van der Waals surface area (Å²) in [5, 5.41) is 9.37. The molecule has 0 aliphatic carbocycles. The molecule has 1 aromatic carbocycles. The van der Waals surface area contributed by atoms with E-state index < -0.39 is 12.2 Å². The van der Waals surface area contributed by atoms with Gasteiger partial charge in [-0.2, -0.15) is 0 Å². The Labute approximate surface area is 92.8 Å². The minimum absolute atomic E-state index is 0.0339. The average molecular weight is 281 g/mol. The van der Waals surface area contributed by atoms with Crippen LogP contribution in [0, 0.1) is 0 Å². The molecule has 1 aromatic rings. The second-order valence-corrected chi connectivity index (χ2v) is 3.53. The number of carbonyl (C=O) groups excluding carboxylic acids is 1. The van der Waals surface area contributed by atoms with Crippen molar-refractivity contribution in [2.75, 3.05) is 7.11 Å². The SMILES string of the molecule is COc1cc(C(=O)C(F)F)cc(Br)c1O. The quantitative estimate of drug-likeness (QED) is 0.866.